The number of unbranched alkanes of at least 4 members (excludes halogenated alkanes) is 22. The van der Waals surface area contributed by atoms with Crippen molar-refractivity contribution in [2.45, 2.75) is 264 Å². The van der Waals surface area contributed by atoms with Gasteiger partial charge in [-0.2, -0.15) is 0 Å². The average Bonchev–Trinajstić information content (AvgIpc) is 3.26. The first-order valence-corrected chi connectivity index (χ1v) is 26.2. The van der Waals surface area contributed by atoms with E-state index in [1.54, 1.807) is 0 Å². The highest BCUT2D eigenvalue weighted by Gasteiger charge is 2.24. The minimum absolute atomic E-state index is 0.0436. The number of nitrogens with one attached hydrogen (secondary N) is 1. The molecule has 0 aromatic rings. The predicted molar refractivity (Wildman–Crippen MR) is 268 cm³/mol. The van der Waals surface area contributed by atoms with Gasteiger partial charge < -0.3 is 20.3 Å². The zero-order chi connectivity index (χ0) is 45.2. The van der Waals surface area contributed by atoms with Crippen LogP contribution in [-0.4, -0.2) is 46.9 Å². The molecule has 0 saturated carbocycles. The summed E-state index contributed by atoms with van der Waals surface area (Å²) in [5.74, 6) is -0.528. The summed E-state index contributed by atoms with van der Waals surface area (Å²) >= 11 is 0. The van der Waals surface area contributed by atoms with Crippen LogP contribution >= 0.6 is 0 Å². The summed E-state index contributed by atoms with van der Waals surface area (Å²) in [7, 11) is 0. The Labute approximate surface area is 383 Å². The topological polar surface area (TPSA) is 95.9 Å². The van der Waals surface area contributed by atoms with Crippen molar-refractivity contribution in [1.82, 2.24) is 5.32 Å². The molecule has 62 heavy (non-hydrogen) atoms. The SMILES string of the molecule is CC/C=C/C/C=C/C/C=C/CCCCC(CC(=O)NC(CO)C(O)CCCCCCCCCCCCCC)OC(=O)CCCCCCCC/C=C\C/C=C\C/C=C\CCCCC. The number of carbonyl (C=O) groups is 2. The van der Waals surface area contributed by atoms with Gasteiger partial charge in [-0.1, -0.05) is 209 Å². The number of allylic oxidation sites excluding steroid dienone is 12. The number of aliphatic hydroxyl groups is 2. The highest BCUT2D eigenvalue weighted by molar-refractivity contribution is 5.77. The van der Waals surface area contributed by atoms with Crippen molar-refractivity contribution < 1.29 is 24.5 Å². The summed E-state index contributed by atoms with van der Waals surface area (Å²) in [6.45, 7) is 6.32. The van der Waals surface area contributed by atoms with Crippen molar-refractivity contribution in [1.29, 1.82) is 0 Å². The molecule has 1 amide bonds. The van der Waals surface area contributed by atoms with E-state index in [4.69, 9.17) is 4.74 Å². The molecule has 0 fully saturated rings. The lowest BCUT2D eigenvalue weighted by Gasteiger charge is -2.24. The van der Waals surface area contributed by atoms with Crippen molar-refractivity contribution >= 4 is 11.9 Å². The van der Waals surface area contributed by atoms with E-state index in [1.807, 2.05) is 0 Å². The fraction of sp³-hybridized carbons (Fsp3) is 0.750. The largest absolute Gasteiger partial charge is 0.462 e. The summed E-state index contributed by atoms with van der Waals surface area (Å²) in [5, 5.41) is 23.7. The second-order valence-corrected chi connectivity index (χ2v) is 17.5. The van der Waals surface area contributed by atoms with E-state index in [0.717, 1.165) is 96.3 Å². The molecule has 3 N–H and O–H groups in total. The molecule has 0 saturated heterocycles. The van der Waals surface area contributed by atoms with Gasteiger partial charge in [-0.3, -0.25) is 9.59 Å². The van der Waals surface area contributed by atoms with Crippen molar-refractivity contribution in [2.75, 3.05) is 6.61 Å². The summed E-state index contributed by atoms with van der Waals surface area (Å²) in [5.41, 5.74) is 0. The number of esters is 1. The van der Waals surface area contributed by atoms with Crippen LogP contribution in [0.15, 0.2) is 72.9 Å². The van der Waals surface area contributed by atoms with Crippen molar-refractivity contribution in [3.8, 4) is 0 Å². The Kier molecular flexibility index (Phi) is 47.2. The molecule has 0 aliphatic carbocycles. The van der Waals surface area contributed by atoms with Gasteiger partial charge in [0.1, 0.15) is 6.10 Å². The summed E-state index contributed by atoms with van der Waals surface area (Å²) in [4.78, 5) is 26.1. The predicted octanol–water partition coefficient (Wildman–Crippen LogP) is 15.8. The maximum absolute atomic E-state index is 13.2. The van der Waals surface area contributed by atoms with E-state index in [9.17, 15) is 19.8 Å². The molecule has 3 atom stereocenters. The Morgan fingerprint density at radius 2 is 0.871 bits per heavy atom. The van der Waals surface area contributed by atoms with Gasteiger partial charge in [0, 0.05) is 6.42 Å². The van der Waals surface area contributed by atoms with E-state index < -0.39 is 18.2 Å². The van der Waals surface area contributed by atoms with Crippen LogP contribution in [0.1, 0.15) is 245 Å². The second-order valence-electron chi connectivity index (χ2n) is 17.5. The molecule has 0 spiro atoms. The van der Waals surface area contributed by atoms with Gasteiger partial charge in [-0.15, -0.1) is 0 Å². The number of rotatable bonds is 46. The molecule has 6 heteroatoms. The average molecular weight is 866 g/mol. The number of hydrogen-bond acceptors (Lipinski definition) is 5. The van der Waals surface area contributed by atoms with E-state index in [-0.39, 0.29) is 24.9 Å². The van der Waals surface area contributed by atoms with Crippen LogP contribution in [0, 0.1) is 0 Å². The van der Waals surface area contributed by atoms with E-state index in [1.165, 1.54) is 103 Å². The molecule has 0 aliphatic heterocycles. The minimum Gasteiger partial charge on any atom is -0.462 e. The van der Waals surface area contributed by atoms with Gasteiger partial charge in [0.15, 0.2) is 0 Å². The Hall–Kier alpha value is -2.70. The smallest absolute Gasteiger partial charge is 0.306 e. The van der Waals surface area contributed by atoms with Gasteiger partial charge in [0.2, 0.25) is 5.91 Å². The Morgan fingerprint density at radius 3 is 1.37 bits per heavy atom. The minimum atomic E-state index is -0.802. The molecular formula is C56H99NO5. The molecular weight excluding hydrogens is 767 g/mol. The molecule has 0 radical (unpaired) electrons. The second kappa shape index (κ2) is 49.3. The quantitative estimate of drug-likeness (QED) is 0.0322. The van der Waals surface area contributed by atoms with Crippen molar-refractivity contribution in [3.05, 3.63) is 72.9 Å². The number of hydrogen-bond donors (Lipinski definition) is 3. The number of amides is 1. The molecule has 0 bridgehead atoms. The fourth-order valence-electron chi connectivity index (χ4n) is 7.57. The molecule has 6 nitrogen and oxygen atoms in total. The third-order valence-corrected chi connectivity index (χ3v) is 11.5. The summed E-state index contributed by atoms with van der Waals surface area (Å²) < 4.78 is 5.91. The maximum Gasteiger partial charge on any atom is 0.306 e. The number of carbonyl (C=O) groups excluding carboxylic acids is 2. The van der Waals surface area contributed by atoms with Crippen LogP contribution in [0.4, 0.5) is 0 Å². The summed E-state index contributed by atoms with van der Waals surface area (Å²) in [6.07, 6.45) is 62.5. The van der Waals surface area contributed by atoms with Crippen LogP contribution in [0.2, 0.25) is 0 Å². The Bertz CT molecular complexity index is 1150. The van der Waals surface area contributed by atoms with E-state index in [0.29, 0.717) is 19.3 Å². The normalized spacial score (nSPS) is 13.8. The molecule has 0 heterocycles. The first-order chi connectivity index (χ1) is 30.5. The van der Waals surface area contributed by atoms with Crippen LogP contribution in [0.3, 0.4) is 0 Å². The van der Waals surface area contributed by atoms with Gasteiger partial charge in [-0.05, 0) is 96.3 Å². The van der Waals surface area contributed by atoms with Gasteiger partial charge in [0.05, 0.1) is 25.2 Å². The third kappa shape index (κ3) is 43.9. The van der Waals surface area contributed by atoms with Gasteiger partial charge in [-0.25, -0.2) is 0 Å². The van der Waals surface area contributed by atoms with Crippen LogP contribution in [0.25, 0.3) is 0 Å². The number of aliphatic hydroxyl groups excluding tert-OH is 2. The van der Waals surface area contributed by atoms with Gasteiger partial charge in [0.25, 0.3) is 0 Å². The standard InChI is InChI=1S/C56H99NO5/c1-4-7-10-13-16-19-22-25-26-27-28-29-30-31-34-37-40-43-46-49-56(61)62-52(47-44-41-38-35-32-23-20-17-14-11-8-5-2)50-55(60)57-53(51-58)54(59)48-45-42-39-36-33-24-21-18-15-12-9-6-3/h8,11,16-17,19-20,25-26,28-29,32,35,52-54,58-59H,4-7,9-10,12-15,18,21-24,27,30-31,33-34,36-51H2,1-3H3,(H,57,60)/b11-8+,19-16-,20-17+,26-25-,29-28-,35-32+. The lowest BCUT2D eigenvalue weighted by molar-refractivity contribution is -0.151. The fourth-order valence-corrected chi connectivity index (χ4v) is 7.57. The molecule has 0 aliphatic rings. The van der Waals surface area contributed by atoms with Crippen LogP contribution < -0.4 is 5.32 Å². The van der Waals surface area contributed by atoms with Crippen LogP contribution in [0.5, 0.6) is 0 Å². The highest BCUT2D eigenvalue weighted by Crippen LogP contribution is 2.17. The zero-order valence-corrected chi connectivity index (χ0v) is 40.7. The van der Waals surface area contributed by atoms with E-state index >= 15 is 0 Å². The van der Waals surface area contributed by atoms with Crippen molar-refractivity contribution in [2.24, 2.45) is 0 Å². The molecule has 358 valence electrons. The maximum atomic E-state index is 13.2. The number of ether oxygens (including phenoxy) is 1. The highest BCUT2D eigenvalue weighted by atomic mass is 16.5. The third-order valence-electron chi connectivity index (χ3n) is 11.5. The molecule has 0 aromatic heterocycles. The van der Waals surface area contributed by atoms with Gasteiger partial charge >= 0.3 is 5.97 Å². The first-order valence-electron chi connectivity index (χ1n) is 26.2. The van der Waals surface area contributed by atoms with Crippen molar-refractivity contribution in [3.63, 3.8) is 0 Å². The Morgan fingerprint density at radius 1 is 0.484 bits per heavy atom. The van der Waals surface area contributed by atoms with Crippen LogP contribution in [-0.2, 0) is 14.3 Å². The molecule has 0 rings (SSSR count). The first kappa shape index (κ1) is 59.3. The molecule has 3 unspecified atom stereocenters. The lowest BCUT2D eigenvalue weighted by Crippen LogP contribution is -2.46. The molecule has 0 aromatic carbocycles. The summed E-state index contributed by atoms with van der Waals surface area (Å²) in [6, 6.07) is -0.719. The zero-order valence-electron chi connectivity index (χ0n) is 40.7. The lowest BCUT2D eigenvalue weighted by atomic mass is 10.0. The van der Waals surface area contributed by atoms with E-state index in [2.05, 4.69) is 99.0 Å². The monoisotopic (exact) mass is 866 g/mol. The Balaban J connectivity index is 4.60.